The Bertz CT molecular complexity index is 651. The normalized spacial score (nSPS) is 18.2. The third kappa shape index (κ3) is 3.88. The quantitative estimate of drug-likeness (QED) is 0.865. The van der Waals surface area contributed by atoms with Crippen molar-refractivity contribution in [2.75, 3.05) is 24.6 Å². The van der Waals surface area contributed by atoms with Crippen LogP contribution >= 0.6 is 0 Å². The van der Waals surface area contributed by atoms with Gasteiger partial charge in [-0.05, 0) is 18.6 Å². The molecule has 1 unspecified atom stereocenters. The largest absolute Gasteiger partial charge is 0.477 e. The zero-order valence-electron chi connectivity index (χ0n) is 12.2. The fourth-order valence-electron chi connectivity index (χ4n) is 2.44. The van der Waals surface area contributed by atoms with E-state index >= 15 is 0 Å². The standard InChI is InChI=1S/C15H15F3N4O/c16-15(17,18)12-4-7-20-14(21-12)22-8-5-11(9-22)10-23-13-3-1-2-6-19-13/h1-4,6-7,11H,5,8-10H2. The maximum absolute atomic E-state index is 12.7. The number of ether oxygens (including phenoxy) is 1. The molecule has 1 atom stereocenters. The highest BCUT2D eigenvalue weighted by Gasteiger charge is 2.34. The second-order valence-corrected chi connectivity index (χ2v) is 5.32. The Balaban J connectivity index is 1.59. The van der Waals surface area contributed by atoms with Crippen molar-refractivity contribution in [3.05, 3.63) is 42.4 Å². The number of anilines is 1. The lowest BCUT2D eigenvalue weighted by Crippen LogP contribution is -2.25. The number of hydrogen-bond acceptors (Lipinski definition) is 5. The van der Waals surface area contributed by atoms with Crippen molar-refractivity contribution in [2.45, 2.75) is 12.6 Å². The van der Waals surface area contributed by atoms with Crippen molar-refractivity contribution in [1.29, 1.82) is 0 Å². The number of rotatable bonds is 4. The van der Waals surface area contributed by atoms with Gasteiger partial charge in [-0.2, -0.15) is 13.2 Å². The highest BCUT2D eigenvalue weighted by atomic mass is 19.4. The Kier molecular flexibility index (Phi) is 4.31. The molecule has 3 heterocycles. The average Bonchev–Trinajstić information content (AvgIpc) is 3.02. The zero-order chi connectivity index (χ0) is 16.3. The molecular weight excluding hydrogens is 309 g/mol. The predicted molar refractivity (Wildman–Crippen MR) is 77.1 cm³/mol. The van der Waals surface area contributed by atoms with E-state index in [4.69, 9.17) is 4.74 Å². The SMILES string of the molecule is FC(F)(F)c1ccnc(N2CCC(COc3ccccn3)C2)n1. The van der Waals surface area contributed by atoms with Crippen LogP contribution in [0.1, 0.15) is 12.1 Å². The van der Waals surface area contributed by atoms with Gasteiger partial charge in [0.1, 0.15) is 5.69 Å². The van der Waals surface area contributed by atoms with Crippen LogP contribution in [-0.2, 0) is 6.18 Å². The van der Waals surface area contributed by atoms with Crippen molar-refractivity contribution >= 4 is 5.95 Å². The smallest absolute Gasteiger partial charge is 0.433 e. The Hall–Kier alpha value is -2.38. The number of alkyl halides is 3. The van der Waals surface area contributed by atoms with Gasteiger partial charge in [0.2, 0.25) is 11.8 Å². The Morgan fingerprint density at radius 3 is 2.78 bits per heavy atom. The number of pyridine rings is 1. The first-order chi connectivity index (χ1) is 11.0. The van der Waals surface area contributed by atoms with Crippen molar-refractivity contribution in [2.24, 2.45) is 5.92 Å². The fraction of sp³-hybridized carbons (Fsp3) is 0.400. The van der Waals surface area contributed by atoms with Crippen LogP contribution in [0.5, 0.6) is 5.88 Å². The van der Waals surface area contributed by atoms with Gasteiger partial charge in [0, 0.05) is 37.5 Å². The van der Waals surface area contributed by atoms with Gasteiger partial charge in [0.25, 0.3) is 0 Å². The van der Waals surface area contributed by atoms with Crippen LogP contribution in [-0.4, -0.2) is 34.6 Å². The number of nitrogens with zero attached hydrogens (tertiary/aromatic N) is 4. The number of aromatic nitrogens is 3. The van der Waals surface area contributed by atoms with Crippen LogP contribution in [0.15, 0.2) is 36.7 Å². The molecule has 1 fully saturated rings. The first-order valence-electron chi connectivity index (χ1n) is 7.21. The molecule has 0 amide bonds. The molecule has 0 bridgehead atoms. The third-order valence-electron chi connectivity index (χ3n) is 3.61. The molecule has 0 saturated carbocycles. The van der Waals surface area contributed by atoms with Crippen LogP contribution in [0.25, 0.3) is 0 Å². The summed E-state index contributed by atoms with van der Waals surface area (Å²) in [7, 11) is 0. The van der Waals surface area contributed by atoms with Gasteiger partial charge in [0.15, 0.2) is 0 Å². The minimum absolute atomic E-state index is 0.111. The van der Waals surface area contributed by atoms with Crippen LogP contribution in [0, 0.1) is 5.92 Å². The van der Waals surface area contributed by atoms with E-state index in [1.54, 1.807) is 23.2 Å². The second-order valence-electron chi connectivity index (χ2n) is 5.32. The molecule has 5 nitrogen and oxygen atoms in total. The summed E-state index contributed by atoms with van der Waals surface area (Å²) < 4.78 is 43.7. The van der Waals surface area contributed by atoms with E-state index < -0.39 is 11.9 Å². The van der Waals surface area contributed by atoms with E-state index in [0.717, 1.165) is 18.7 Å². The van der Waals surface area contributed by atoms with E-state index in [0.29, 0.717) is 25.6 Å². The lowest BCUT2D eigenvalue weighted by Gasteiger charge is -2.17. The molecule has 1 aliphatic rings. The highest BCUT2D eigenvalue weighted by Crippen LogP contribution is 2.29. The fourth-order valence-corrected chi connectivity index (χ4v) is 2.44. The second kappa shape index (κ2) is 6.39. The topological polar surface area (TPSA) is 51.1 Å². The molecule has 0 aromatic carbocycles. The summed E-state index contributed by atoms with van der Waals surface area (Å²) in [5.74, 6) is 0.858. The Morgan fingerprint density at radius 1 is 1.17 bits per heavy atom. The maximum Gasteiger partial charge on any atom is 0.433 e. The Labute approximate surface area is 131 Å². The first-order valence-corrected chi connectivity index (χ1v) is 7.21. The van der Waals surface area contributed by atoms with Crippen molar-refractivity contribution in [3.8, 4) is 5.88 Å². The van der Waals surface area contributed by atoms with E-state index in [2.05, 4.69) is 15.0 Å². The summed E-state index contributed by atoms with van der Waals surface area (Å²) in [6.45, 7) is 1.64. The number of hydrogen-bond donors (Lipinski definition) is 0. The molecule has 122 valence electrons. The van der Waals surface area contributed by atoms with Gasteiger partial charge in [-0.1, -0.05) is 6.07 Å². The predicted octanol–water partition coefficient (Wildman–Crippen LogP) is 2.80. The lowest BCUT2D eigenvalue weighted by atomic mass is 10.1. The first kappa shape index (κ1) is 15.5. The molecule has 0 N–H and O–H groups in total. The zero-order valence-corrected chi connectivity index (χ0v) is 12.2. The third-order valence-corrected chi connectivity index (χ3v) is 3.61. The van der Waals surface area contributed by atoms with Crippen LogP contribution < -0.4 is 9.64 Å². The van der Waals surface area contributed by atoms with Crippen LogP contribution in [0.2, 0.25) is 0 Å². The van der Waals surface area contributed by atoms with Gasteiger partial charge in [-0.25, -0.2) is 15.0 Å². The molecule has 1 aliphatic heterocycles. The summed E-state index contributed by atoms with van der Waals surface area (Å²) in [6, 6.07) is 6.28. The summed E-state index contributed by atoms with van der Waals surface area (Å²) >= 11 is 0. The average molecular weight is 324 g/mol. The minimum Gasteiger partial charge on any atom is -0.477 e. The van der Waals surface area contributed by atoms with E-state index in [1.807, 2.05) is 6.07 Å². The van der Waals surface area contributed by atoms with Gasteiger partial charge < -0.3 is 9.64 Å². The van der Waals surface area contributed by atoms with Crippen LogP contribution in [0.3, 0.4) is 0 Å². The highest BCUT2D eigenvalue weighted by molar-refractivity contribution is 5.32. The van der Waals surface area contributed by atoms with Crippen molar-refractivity contribution < 1.29 is 17.9 Å². The molecule has 0 spiro atoms. The molecule has 0 radical (unpaired) electrons. The maximum atomic E-state index is 12.7. The van der Waals surface area contributed by atoms with E-state index in [9.17, 15) is 13.2 Å². The number of halogens is 3. The monoisotopic (exact) mass is 324 g/mol. The van der Waals surface area contributed by atoms with Gasteiger partial charge in [0.05, 0.1) is 6.61 Å². The van der Waals surface area contributed by atoms with E-state index in [-0.39, 0.29) is 11.9 Å². The van der Waals surface area contributed by atoms with Crippen molar-refractivity contribution in [1.82, 2.24) is 15.0 Å². The minimum atomic E-state index is -4.46. The summed E-state index contributed by atoms with van der Waals surface area (Å²) in [4.78, 5) is 13.4. The summed E-state index contributed by atoms with van der Waals surface area (Å²) in [5, 5.41) is 0. The molecule has 23 heavy (non-hydrogen) atoms. The molecule has 1 saturated heterocycles. The summed E-state index contributed by atoms with van der Waals surface area (Å²) in [6.07, 6.45) is -0.860. The molecule has 2 aromatic heterocycles. The molecule has 2 aromatic rings. The van der Waals surface area contributed by atoms with Crippen LogP contribution in [0.4, 0.5) is 19.1 Å². The lowest BCUT2D eigenvalue weighted by molar-refractivity contribution is -0.141. The molecular formula is C15H15F3N4O. The molecule has 3 rings (SSSR count). The Morgan fingerprint density at radius 2 is 2.04 bits per heavy atom. The molecule has 0 aliphatic carbocycles. The molecule has 8 heteroatoms. The summed E-state index contributed by atoms with van der Waals surface area (Å²) in [5.41, 5.74) is -0.921. The van der Waals surface area contributed by atoms with Gasteiger partial charge in [-0.3, -0.25) is 0 Å². The van der Waals surface area contributed by atoms with Gasteiger partial charge in [-0.15, -0.1) is 0 Å². The van der Waals surface area contributed by atoms with Gasteiger partial charge >= 0.3 is 6.18 Å². The van der Waals surface area contributed by atoms with E-state index in [1.165, 1.54) is 0 Å². The van der Waals surface area contributed by atoms with Crippen molar-refractivity contribution in [3.63, 3.8) is 0 Å².